The minimum Gasteiger partial charge on any atom is -0.454 e. The Labute approximate surface area is 370 Å². The Hall–Kier alpha value is -8.34. The Morgan fingerprint density at radius 2 is 1.09 bits per heavy atom. The van der Waals surface area contributed by atoms with Gasteiger partial charge in [-0.15, -0.1) is 6.58 Å². The molecule has 4 heteroatoms. The van der Waals surface area contributed by atoms with Crippen LogP contribution in [0.3, 0.4) is 0 Å². The molecule has 0 saturated carbocycles. The van der Waals surface area contributed by atoms with Crippen molar-refractivity contribution < 1.29 is 4.42 Å². The van der Waals surface area contributed by atoms with Gasteiger partial charge in [-0.1, -0.05) is 164 Å². The zero-order valence-electron chi connectivity index (χ0n) is 35.2. The fourth-order valence-corrected chi connectivity index (χ4v) is 9.56. The van der Waals surface area contributed by atoms with Crippen molar-refractivity contribution in [3.05, 3.63) is 236 Å². The van der Waals surface area contributed by atoms with Gasteiger partial charge in [-0.25, -0.2) is 4.99 Å². The van der Waals surface area contributed by atoms with E-state index >= 15 is 0 Å². The molecule has 0 bridgehead atoms. The summed E-state index contributed by atoms with van der Waals surface area (Å²) in [7, 11) is 0. The van der Waals surface area contributed by atoms with E-state index in [2.05, 4.69) is 212 Å². The lowest BCUT2D eigenvalue weighted by Gasteiger charge is -2.15. The maximum absolute atomic E-state index is 6.88. The van der Waals surface area contributed by atoms with E-state index in [9.17, 15) is 0 Å². The molecule has 0 fully saturated rings. The third kappa shape index (κ3) is 6.30. The fraction of sp³-hybridized carbons (Fsp3) is 0.0333. The number of hydrogen-bond acceptors (Lipinski definition) is 2. The highest BCUT2D eigenvalue weighted by Crippen LogP contribution is 2.41. The minimum absolute atomic E-state index is 0.354. The maximum Gasteiger partial charge on any atom is 0.159 e. The number of hydrogen-bond donors (Lipinski definition) is 0. The van der Waals surface area contributed by atoms with Crippen molar-refractivity contribution in [2.45, 2.75) is 13.0 Å². The molecule has 1 atom stereocenters. The zero-order chi connectivity index (χ0) is 42.7. The second-order valence-corrected chi connectivity index (χ2v) is 16.6. The van der Waals surface area contributed by atoms with Gasteiger partial charge in [-0.3, -0.25) is 4.99 Å². The lowest BCUT2D eigenvalue weighted by molar-refractivity contribution is 0.666. The summed E-state index contributed by atoms with van der Waals surface area (Å²) < 4.78 is 9.28. The SMILES string of the molecule is C=CC(N=C(N=C(C)c1cc(-n2c3cc4ccccc4cc3c3cc4ccccc4cc32)c2oc3ccccc3c2c1)c1cccc2ccccc12)c1cccc(-c2ccccc2)c1. The molecule has 0 amide bonds. The summed E-state index contributed by atoms with van der Waals surface area (Å²) in [5.41, 5.74) is 10.9. The largest absolute Gasteiger partial charge is 0.454 e. The number of fused-ring (bicyclic) bond motifs is 9. The van der Waals surface area contributed by atoms with Gasteiger partial charge in [0.15, 0.2) is 11.4 Å². The smallest absolute Gasteiger partial charge is 0.159 e. The second kappa shape index (κ2) is 15.2. The van der Waals surface area contributed by atoms with Gasteiger partial charge in [-0.2, -0.15) is 0 Å². The number of aromatic nitrogens is 1. The fourth-order valence-electron chi connectivity index (χ4n) is 9.56. The summed E-state index contributed by atoms with van der Waals surface area (Å²) in [5, 5.41) is 11.5. The molecule has 0 aliphatic heterocycles. The highest BCUT2D eigenvalue weighted by Gasteiger charge is 2.22. The molecule has 10 aromatic carbocycles. The highest BCUT2D eigenvalue weighted by atomic mass is 16.3. The monoisotopic (exact) mass is 819 g/mol. The summed E-state index contributed by atoms with van der Waals surface area (Å²) in [6.07, 6.45) is 1.91. The number of furan rings is 1. The van der Waals surface area contributed by atoms with Gasteiger partial charge in [0, 0.05) is 32.8 Å². The van der Waals surface area contributed by atoms with E-state index in [1.165, 1.54) is 32.3 Å². The van der Waals surface area contributed by atoms with Crippen molar-refractivity contribution in [3.8, 4) is 16.8 Å². The molecule has 2 aromatic heterocycles. The van der Waals surface area contributed by atoms with Crippen LogP contribution in [0.1, 0.15) is 29.7 Å². The van der Waals surface area contributed by atoms with Crippen LogP contribution in [0.2, 0.25) is 0 Å². The normalized spacial score (nSPS) is 13.0. The summed E-state index contributed by atoms with van der Waals surface area (Å²) in [4.78, 5) is 11.0. The van der Waals surface area contributed by atoms with Gasteiger partial charge in [-0.05, 0) is 110 Å². The van der Waals surface area contributed by atoms with Gasteiger partial charge in [0.05, 0.1) is 22.8 Å². The van der Waals surface area contributed by atoms with E-state index < -0.39 is 0 Å². The van der Waals surface area contributed by atoms with Crippen LogP contribution in [-0.2, 0) is 0 Å². The van der Waals surface area contributed by atoms with Gasteiger partial charge < -0.3 is 8.98 Å². The molecule has 12 rings (SSSR count). The van der Waals surface area contributed by atoms with Crippen molar-refractivity contribution in [1.82, 2.24) is 4.57 Å². The van der Waals surface area contributed by atoms with Gasteiger partial charge >= 0.3 is 0 Å². The van der Waals surface area contributed by atoms with E-state index in [4.69, 9.17) is 14.4 Å². The molecular weight excluding hydrogens is 779 g/mol. The third-order valence-corrected chi connectivity index (χ3v) is 12.7. The summed E-state index contributed by atoms with van der Waals surface area (Å²) in [6, 6.07) is 72.9. The Morgan fingerprint density at radius 1 is 0.516 bits per heavy atom. The molecule has 0 saturated heterocycles. The first-order valence-electron chi connectivity index (χ1n) is 21.8. The maximum atomic E-state index is 6.88. The predicted octanol–water partition coefficient (Wildman–Crippen LogP) is 16.0. The topological polar surface area (TPSA) is 42.8 Å². The highest BCUT2D eigenvalue weighted by molar-refractivity contribution is 6.21. The van der Waals surface area contributed by atoms with E-state index in [1.54, 1.807) is 0 Å². The van der Waals surface area contributed by atoms with Gasteiger partial charge in [0.25, 0.3) is 0 Å². The second-order valence-electron chi connectivity index (χ2n) is 16.6. The number of rotatable bonds is 7. The van der Waals surface area contributed by atoms with Crippen molar-refractivity contribution in [2.75, 3.05) is 0 Å². The van der Waals surface area contributed by atoms with Crippen molar-refractivity contribution in [1.29, 1.82) is 0 Å². The van der Waals surface area contributed by atoms with E-state index in [-0.39, 0.29) is 6.04 Å². The van der Waals surface area contributed by atoms with Crippen LogP contribution < -0.4 is 0 Å². The lowest BCUT2D eigenvalue weighted by Crippen LogP contribution is -2.08. The molecule has 4 nitrogen and oxygen atoms in total. The first-order chi connectivity index (χ1) is 31.6. The van der Waals surface area contributed by atoms with Crippen molar-refractivity contribution in [3.63, 3.8) is 0 Å². The summed E-state index contributed by atoms with van der Waals surface area (Å²) >= 11 is 0. The molecule has 0 radical (unpaired) electrons. The number of aliphatic imine (C=N–C) groups is 2. The summed E-state index contributed by atoms with van der Waals surface area (Å²) in [6.45, 7) is 6.40. The van der Waals surface area contributed by atoms with E-state index in [1.807, 2.05) is 18.2 Å². The minimum atomic E-state index is -0.354. The molecule has 0 aliphatic carbocycles. The quantitative estimate of drug-likeness (QED) is 0.0897. The predicted molar refractivity (Wildman–Crippen MR) is 271 cm³/mol. The van der Waals surface area contributed by atoms with Crippen molar-refractivity contribution >= 4 is 87.6 Å². The number of benzene rings is 10. The number of amidine groups is 1. The molecule has 0 N–H and O–H groups in total. The average Bonchev–Trinajstić information content (AvgIpc) is 3.88. The molecule has 0 spiro atoms. The summed E-state index contributed by atoms with van der Waals surface area (Å²) in [5.74, 6) is 0.637. The van der Waals surface area contributed by atoms with Crippen LogP contribution in [0, 0.1) is 0 Å². The van der Waals surface area contributed by atoms with Crippen LogP contribution in [0.25, 0.3) is 92.9 Å². The van der Waals surface area contributed by atoms with Crippen LogP contribution in [0.4, 0.5) is 0 Å². The van der Waals surface area contributed by atoms with E-state index in [0.29, 0.717) is 5.84 Å². The molecule has 2 heterocycles. The van der Waals surface area contributed by atoms with Crippen LogP contribution in [0.15, 0.2) is 233 Å². The van der Waals surface area contributed by atoms with Gasteiger partial charge in [0.2, 0.25) is 0 Å². The molecule has 302 valence electrons. The molecule has 64 heavy (non-hydrogen) atoms. The van der Waals surface area contributed by atoms with Crippen LogP contribution >= 0.6 is 0 Å². The zero-order valence-corrected chi connectivity index (χ0v) is 35.2. The standard InChI is InChI=1S/C60H41N3O/c1-3-54(46-26-15-25-41(31-46)39-17-5-4-6-18-39)62-60(50-29-16-24-40-19-11-12-27-48(40)50)61-38(2)47-34-53-49-28-13-14-30-58(49)64-59(53)57(37-47)63-55-35-44-22-9-7-20-42(44)32-51(55)52-33-43-21-8-10-23-45(43)36-56(52)63/h3-37,54H,1H2,2H3. The lowest BCUT2D eigenvalue weighted by atomic mass is 9.99. The molecular formula is C60H41N3O. The molecule has 1 unspecified atom stereocenters. The molecule has 12 aromatic rings. The van der Waals surface area contributed by atoms with Crippen molar-refractivity contribution in [2.24, 2.45) is 9.98 Å². The Balaban J connectivity index is 1.11. The first-order valence-corrected chi connectivity index (χ1v) is 21.8. The number of para-hydroxylation sites is 1. The number of nitrogens with zero attached hydrogens (tertiary/aromatic N) is 3. The Kier molecular flexibility index (Phi) is 8.91. The Bertz CT molecular complexity index is 3790. The first kappa shape index (κ1) is 37.4. The van der Waals surface area contributed by atoms with E-state index in [0.717, 1.165) is 83.0 Å². The molecule has 0 aliphatic rings. The van der Waals surface area contributed by atoms with Crippen LogP contribution in [-0.4, -0.2) is 16.1 Å². The average molecular weight is 820 g/mol. The third-order valence-electron chi connectivity index (χ3n) is 12.7. The van der Waals surface area contributed by atoms with Gasteiger partial charge in [0.1, 0.15) is 5.58 Å². The van der Waals surface area contributed by atoms with Crippen LogP contribution in [0.5, 0.6) is 0 Å². The Morgan fingerprint density at radius 3 is 1.80 bits per heavy atom.